The van der Waals surface area contributed by atoms with Crippen LogP contribution >= 0.6 is 11.6 Å². The number of methoxy groups -OCH3 is 1. The van der Waals surface area contributed by atoms with E-state index in [4.69, 9.17) is 16.3 Å². The average Bonchev–Trinajstić information content (AvgIpc) is 2.63. The van der Waals surface area contributed by atoms with Gasteiger partial charge in [0.15, 0.2) is 5.96 Å². The molecule has 1 aromatic heterocycles. The van der Waals surface area contributed by atoms with E-state index in [0.29, 0.717) is 11.7 Å². The summed E-state index contributed by atoms with van der Waals surface area (Å²) in [5.41, 5.74) is 3.55. The zero-order valence-electron chi connectivity index (χ0n) is 15.7. The van der Waals surface area contributed by atoms with Crippen molar-refractivity contribution in [2.75, 3.05) is 26.7 Å². The Morgan fingerprint density at radius 3 is 2.73 bits per heavy atom. The fraction of sp³-hybridized carbons (Fsp3) is 0.400. The highest BCUT2D eigenvalue weighted by Crippen LogP contribution is 2.20. The quantitative estimate of drug-likeness (QED) is 0.422. The van der Waals surface area contributed by atoms with Gasteiger partial charge in [0, 0.05) is 25.8 Å². The summed E-state index contributed by atoms with van der Waals surface area (Å²) in [7, 11) is 1.70. The van der Waals surface area contributed by atoms with Gasteiger partial charge in [-0.05, 0) is 49.9 Å². The molecule has 0 aliphatic rings. The van der Waals surface area contributed by atoms with Gasteiger partial charge in [0.1, 0.15) is 10.9 Å². The molecule has 0 aliphatic heterocycles. The van der Waals surface area contributed by atoms with Crippen molar-refractivity contribution in [3.05, 3.63) is 58.4 Å². The Kier molecular flexibility index (Phi) is 8.22. The van der Waals surface area contributed by atoms with Gasteiger partial charge in [-0.3, -0.25) is 4.99 Å². The van der Waals surface area contributed by atoms with Crippen molar-refractivity contribution in [2.45, 2.75) is 26.7 Å². The fourth-order valence-electron chi connectivity index (χ4n) is 2.61. The van der Waals surface area contributed by atoms with Crippen LogP contribution in [0.4, 0.5) is 0 Å². The van der Waals surface area contributed by atoms with Crippen molar-refractivity contribution in [3.8, 4) is 5.75 Å². The van der Waals surface area contributed by atoms with Gasteiger partial charge in [0.05, 0.1) is 7.11 Å². The van der Waals surface area contributed by atoms with Crippen molar-refractivity contribution >= 4 is 17.6 Å². The molecule has 26 heavy (non-hydrogen) atoms. The van der Waals surface area contributed by atoms with E-state index in [1.54, 1.807) is 13.3 Å². The van der Waals surface area contributed by atoms with Crippen LogP contribution in [0.1, 0.15) is 23.6 Å². The smallest absolute Gasteiger partial charge is 0.191 e. The molecule has 0 saturated carbocycles. The first kappa shape index (κ1) is 20.0. The Morgan fingerprint density at radius 1 is 1.19 bits per heavy atom. The number of rotatable bonds is 8. The summed E-state index contributed by atoms with van der Waals surface area (Å²) in [6.07, 6.45) is 3.50. The summed E-state index contributed by atoms with van der Waals surface area (Å²) in [5, 5.41) is 7.15. The van der Waals surface area contributed by atoms with E-state index >= 15 is 0 Å². The molecular formula is C20H27ClN4O. The Bertz CT molecular complexity index is 716. The number of benzene rings is 1. The highest BCUT2D eigenvalue weighted by atomic mass is 35.5. The van der Waals surface area contributed by atoms with Crippen molar-refractivity contribution in [3.63, 3.8) is 0 Å². The summed E-state index contributed by atoms with van der Waals surface area (Å²) < 4.78 is 5.43. The van der Waals surface area contributed by atoms with E-state index in [2.05, 4.69) is 46.6 Å². The van der Waals surface area contributed by atoms with Gasteiger partial charge in [0.25, 0.3) is 0 Å². The molecule has 0 bridgehead atoms. The van der Waals surface area contributed by atoms with Gasteiger partial charge in [0.2, 0.25) is 0 Å². The number of nitrogens with one attached hydrogen (secondary N) is 2. The molecule has 0 fully saturated rings. The maximum Gasteiger partial charge on any atom is 0.191 e. The molecule has 1 heterocycles. The second-order valence-electron chi connectivity index (χ2n) is 5.99. The standard InChI is InChI=1S/C20H27ClN4O/c1-4-22-20(23-11-9-16-6-8-19(21)25-14-16)24-12-10-17-13-15(2)5-7-18(17)26-3/h5-8,13-14H,4,9-12H2,1-3H3,(H2,22,23,24). The number of guanidine groups is 1. The topological polar surface area (TPSA) is 58.5 Å². The Labute approximate surface area is 160 Å². The molecule has 0 spiro atoms. The van der Waals surface area contributed by atoms with Gasteiger partial charge in [-0.25, -0.2) is 4.98 Å². The van der Waals surface area contributed by atoms with Crippen LogP contribution in [-0.4, -0.2) is 37.7 Å². The maximum atomic E-state index is 5.81. The predicted molar refractivity (Wildman–Crippen MR) is 108 cm³/mol. The third-order valence-corrected chi connectivity index (χ3v) is 4.15. The lowest BCUT2D eigenvalue weighted by atomic mass is 10.1. The number of pyridine rings is 1. The first-order chi connectivity index (χ1) is 12.6. The number of aromatic nitrogens is 1. The molecule has 0 amide bonds. The summed E-state index contributed by atoms with van der Waals surface area (Å²) in [6.45, 7) is 6.44. The minimum absolute atomic E-state index is 0.517. The lowest BCUT2D eigenvalue weighted by Gasteiger charge is -2.12. The molecule has 1 aromatic carbocycles. The van der Waals surface area contributed by atoms with Gasteiger partial charge in [-0.1, -0.05) is 35.4 Å². The monoisotopic (exact) mass is 374 g/mol. The van der Waals surface area contributed by atoms with Crippen LogP contribution in [0, 0.1) is 6.92 Å². The Morgan fingerprint density at radius 2 is 2.04 bits per heavy atom. The first-order valence-corrected chi connectivity index (χ1v) is 9.26. The normalized spacial score (nSPS) is 11.3. The molecule has 5 nitrogen and oxygen atoms in total. The molecule has 0 unspecified atom stereocenters. The van der Waals surface area contributed by atoms with Crippen molar-refractivity contribution < 1.29 is 4.74 Å². The van der Waals surface area contributed by atoms with Crippen LogP contribution in [0.2, 0.25) is 5.15 Å². The van der Waals surface area contributed by atoms with Crippen LogP contribution in [-0.2, 0) is 12.8 Å². The molecule has 6 heteroatoms. The highest BCUT2D eigenvalue weighted by molar-refractivity contribution is 6.29. The molecule has 2 rings (SSSR count). The molecule has 2 aromatic rings. The van der Waals surface area contributed by atoms with E-state index in [0.717, 1.165) is 43.2 Å². The number of nitrogens with zero attached hydrogens (tertiary/aromatic N) is 2. The predicted octanol–water partition coefficient (Wildman–Crippen LogP) is 3.39. The summed E-state index contributed by atoms with van der Waals surface area (Å²) in [4.78, 5) is 8.76. The largest absolute Gasteiger partial charge is 0.496 e. The summed E-state index contributed by atoms with van der Waals surface area (Å²) >= 11 is 5.81. The van der Waals surface area contributed by atoms with E-state index in [-0.39, 0.29) is 0 Å². The number of ether oxygens (including phenoxy) is 1. The van der Waals surface area contributed by atoms with Crippen molar-refractivity contribution in [1.82, 2.24) is 15.6 Å². The average molecular weight is 375 g/mol. The van der Waals surface area contributed by atoms with Gasteiger partial charge in [-0.2, -0.15) is 0 Å². The molecule has 0 radical (unpaired) electrons. The second kappa shape index (κ2) is 10.7. The number of aliphatic imine (C=N–C) groups is 1. The maximum absolute atomic E-state index is 5.81. The number of hydrogen-bond acceptors (Lipinski definition) is 3. The van der Waals surface area contributed by atoms with Gasteiger partial charge < -0.3 is 15.4 Å². The molecule has 140 valence electrons. The molecule has 2 N–H and O–H groups in total. The van der Waals surface area contributed by atoms with Gasteiger partial charge >= 0.3 is 0 Å². The van der Waals surface area contributed by atoms with Crippen LogP contribution < -0.4 is 15.4 Å². The molecular weight excluding hydrogens is 348 g/mol. The first-order valence-electron chi connectivity index (χ1n) is 8.88. The Hall–Kier alpha value is -2.27. The van der Waals surface area contributed by atoms with Crippen LogP contribution in [0.15, 0.2) is 41.5 Å². The minimum atomic E-state index is 0.517. The van der Waals surface area contributed by atoms with Crippen LogP contribution in [0.5, 0.6) is 5.75 Å². The van der Waals surface area contributed by atoms with Crippen molar-refractivity contribution in [1.29, 1.82) is 0 Å². The third kappa shape index (κ3) is 6.56. The fourth-order valence-corrected chi connectivity index (χ4v) is 2.72. The zero-order chi connectivity index (χ0) is 18.8. The lowest BCUT2D eigenvalue weighted by Crippen LogP contribution is -2.38. The summed E-state index contributed by atoms with van der Waals surface area (Å²) in [5.74, 6) is 1.74. The van der Waals surface area contributed by atoms with E-state index in [9.17, 15) is 0 Å². The summed E-state index contributed by atoms with van der Waals surface area (Å²) in [6, 6.07) is 10.0. The van der Waals surface area contributed by atoms with E-state index < -0.39 is 0 Å². The second-order valence-corrected chi connectivity index (χ2v) is 6.38. The van der Waals surface area contributed by atoms with Crippen molar-refractivity contribution in [2.24, 2.45) is 4.99 Å². The van der Waals surface area contributed by atoms with Gasteiger partial charge in [-0.15, -0.1) is 0 Å². The minimum Gasteiger partial charge on any atom is -0.496 e. The van der Waals surface area contributed by atoms with E-state index in [1.165, 1.54) is 11.1 Å². The van der Waals surface area contributed by atoms with Crippen LogP contribution in [0.25, 0.3) is 0 Å². The lowest BCUT2D eigenvalue weighted by molar-refractivity contribution is 0.409. The number of halogens is 1. The third-order valence-electron chi connectivity index (χ3n) is 3.93. The number of hydrogen-bond donors (Lipinski definition) is 2. The highest BCUT2D eigenvalue weighted by Gasteiger charge is 2.04. The number of aryl methyl sites for hydroxylation is 1. The molecule has 0 aliphatic carbocycles. The van der Waals surface area contributed by atoms with Crippen LogP contribution in [0.3, 0.4) is 0 Å². The Balaban J connectivity index is 1.87. The molecule has 0 atom stereocenters. The zero-order valence-corrected chi connectivity index (χ0v) is 16.4. The van der Waals surface area contributed by atoms with E-state index in [1.807, 2.05) is 18.2 Å². The SMILES string of the molecule is CCNC(=NCCc1cc(C)ccc1OC)NCCc1ccc(Cl)nc1. The molecule has 0 saturated heterocycles.